The van der Waals surface area contributed by atoms with E-state index in [1.54, 1.807) is 0 Å². The van der Waals surface area contributed by atoms with Gasteiger partial charge in [-0.15, -0.1) is 22.0 Å². The van der Waals surface area contributed by atoms with Crippen molar-refractivity contribution in [3.05, 3.63) is 72.6 Å². The third-order valence-corrected chi connectivity index (χ3v) is 5.33. The van der Waals surface area contributed by atoms with Gasteiger partial charge in [-0.05, 0) is 16.8 Å². The lowest BCUT2D eigenvalue weighted by Crippen LogP contribution is -2.08. The van der Waals surface area contributed by atoms with E-state index in [2.05, 4.69) is 63.3 Å². The Morgan fingerprint density at radius 1 is 0.826 bits per heavy atom. The van der Waals surface area contributed by atoms with Crippen LogP contribution >= 0.6 is 11.8 Å². The molecule has 3 aromatic carbocycles. The van der Waals surface area contributed by atoms with E-state index in [-0.39, 0.29) is 0 Å². The largest absolute Gasteiger partial charge is 0.277 e. The van der Waals surface area contributed by atoms with Gasteiger partial charge in [-0.25, -0.2) is 0 Å². The van der Waals surface area contributed by atoms with Crippen LogP contribution in [0.5, 0.6) is 0 Å². The maximum Gasteiger partial charge on any atom is 0.168 e. The zero-order chi connectivity index (χ0) is 15.2. The van der Waals surface area contributed by atoms with Crippen molar-refractivity contribution in [2.75, 3.05) is 0 Å². The third-order valence-electron chi connectivity index (χ3n) is 4.21. The highest BCUT2D eigenvalue weighted by atomic mass is 32.2. The summed E-state index contributed by atoms with van der Waals surface area (Å²) < 4.78 is 2.20. The monoisotopic (exact) mass is 315 g/mol. The predicted molar refractivity (Wildman–Crippen MR) is 93.9 cm³/mol. The normalized spacial score (nSPS) is 12.9. The molecule has 0 fully saturated rings. The van der Waals surface area contributed by atoms with Gasteiger partial charge >= 0.3 is 0 Å². The molecule has 1 aromatic heterocycles. The number of benzene rings is 3. The van der Waals surface area contributed by atoms with Crippen molar-refractivity contribution in [3.63, 3.8) is 0 Å². The Bertz CT molecular complexity index is 1020. The summed E-state index contributed by atoms with van der Waals surface area (Å²) in [5.74, 6) is 2.77. The van der Waals surface area contributed by atoms with E-state index in [4.69, 9.17) is 0 Å². The first-order chi connectivity index (χ1) is 11.4. The van der Waals surface area contributed by atoms with E-state index in [1.807, 2.05) is 30.0 Å². The number of thioether (sulfide) groups is 1. The lowest BCUT2D eigenvalue weighted by atomic mass is 10.1. The summed E-state index contributed by atoms with van der Waals surface area (Å²) in [7, 11) is 0. The quantitative estimate of drug-likeness (QED) is 0.510. The molecule has 0 atom stereocenters. The maximum absolute atomic E-state index is 4.45. The predicted octanol–water partition coefficient (Wildman–Crippen LogP) is 4.69. The molecule has 3 nitrogen and oxygen atoms in total. The van der Waals surface area contributed by atoms with Crippen molar-refractivity contribution in [3.8, 4) is 17.1 Å². The second kappa shape index (κ2) is 4.96. The molecular weight excluding hydrogens is 302 g/mol. The Morgan fingerprint density at radius 3 is 2.57 bits per heavy atom. The van der Waals surface area contributed by atoms with Gasteiger partial charge in [0.2, 0.25) is 0 Å². The number of nitrogens with zero attached hydrogens (tertiary/aromatic N) is 3. The summed E-state index contributed by atoms with van der Waals surface area (Å²) in [6.45, 7) is 0. The van der Waals surface area contributed by atoms with Crippen LogP contribution in [0.4, 0.5) is 0 Å². The van der Waals surface area contributed by atoms with Crippen LogP contribution in [0.3, 0.4) is 0 Å². The SMILES string of the molecule is c1ccc(-c2nnc3n2-c2ccc4ccccc4c2SC3)cc1. The van der Waals surface area contributed by atoms with Crippen molar-refractivity contribution in [2.24, 2.45) is 0 Å². The summed E-state index contributed by atoms with van der Waals surface area (Å²) in [6, 6.07) is 23.2. The average molecular weight is 315 g/mol. The van der Waals surface area contributed by atoms with Crippen LogP contribution in [0.15, 0.2) is 71.6 Å². The Hall–Kier alpha value is -2.59. The van der Waals surface area contributed by atoms with Gasteiger partial charge in [-0.3, -0.25) is 4.57 Å². The van der Waals surface area contributed by atoms with E-state index >= 15 is 0 Å². The fraction of sp³-hybridized carbons (Fsp3) is 0.0526. The van der Waals surface area contributed by atoms with Gasteiger partial charge in [0, 0.05) is 10.5 Å². The van der Waals surface area contributed by atoms with Crippen LogP contribution < -0.4 is 0 Å². The highest BCUT2D eigenvalue weighted by Crippen LogP contribution is 2.41. The molecule has 23 heavy (non-hydrogen) atoms. The zero-order valence-electron chi connectivity index (χ0n) is 12.3. The highest BCUT2D eigenvalue weighted by Gasteiger charge is 2.23. The summed E-state index contributed by atoms with van der Waals surface area (Å²) in [6.07, 6.45) is 0. The minimum atomic E-state index is 0.848. The van der Waals surface area contributed by atoms with Crippen LogP contribution in [0.2, 0.25) is 0 Å². The van der Waals surface area contributed by atoms with Gasteiger partial charge in [0.1, 0.15) is 5.82 Å². The van der Waals surface area contributed by atoms with Crippen LogP contribution in [-0.4, -0.2) is 14.8 Å². The van der Waals surface area contributed by atoms with Crippen LogP contribution in [0.25, 0.3) is 27.8 Å². The molecule has 1 aliphatic heterocycles. The van der Waals surface area contributed by atoms with Crippen molar-refractivity contribution in [1.29, 1.82) is 0 Å². The topological polar surface area (TPSA) is 30.7 Å². The molecule has 0 amide bonds. The fourth-order valence-corrected chi connectivity index (χ4v) is 4.24. The summed E-state index contributed by atoms with van der Waals surface area (Å²) in [5, 5.41) is 11.4. The molecule has 0 unspecified atom stereocenters. The van der Waals surface area contributed by atoms with Crippen LogP contribution in [-0.2, 0) is 5.75 Å². The van der Waals surface area contributed by atoms with E-state index < -0.39 is 0 Å². The Kier molecular flexibility index (Phi) is 2.78. The highest BCUT2D eigenvalue weighted by molar-refractivity contribution is 7.99. The van der Waals surface area contributed by atoms with E-state index in [0.717, 1.165) is 23.0 Å². The second-order valence-electron chi connectivity index (χ2n) is 5.56. The fourth-order valence-electron chi connectivity index (χ4n) is 3.13. The maximum atomic E-state index is 4.45. The summed E-state index contributed by atoms with van der Waals surface area (Å²) >= 11 is 1.85. The molecule has 0 saturated carbocycles. The van der Waals surface area contributed by atoms with Crippen molar-refractivity contribution < 1.29 is 0 Å². The number of rotatable bonds is 1. The second-order valence-corrected chi connectivity index (χ2v) is 6.55. The van der Waals surface area contributed by atoms with E-state index in [0.29, 0.717) is 0 Å². The standard InChI is InChI=1S/C19H13N3S/c1-2-7-14(8-3-1)19-21-20-17-12-23-18-15-9-5-4-6-13(15)10-11-16(18)22(17)19/h1-11H,12H2. The van der Waals surface area contributed by atoms with E-state index in [1.165, 1.54) is 21.4 Å². The summed E-state index contributed by atoms with van der Waals surface area (Å²) in [4.78, 5) is 1.31. The molecule has 4 aromatic rings. The van der Waals surface area contributed by atoms with E-state index in [9.17, 15) is 0 Å². The Labute approximate surface area is 138 Å². The van der Waals surface area contributed by atoms with Gasteiger partial charge in [-0.2, -0.15) is 0 Å². The first-order valence-corrected chi connectivity index (χ1v) is 8.55. The van der Waals surface area contributed by atoms with Gasteiger partial charge in [-0.1, -0.05) is 60.7 Å². The molecule has 0 aliphatic carbocycles. The molecule has 1 aliphatic rings. The molecular formula is C19H13N3S. The molecule has 0 radical (unpaired) electrons. The first kappa shape index (κ1) is 12.9. The van der Waals surface area contributed by atoms with Gasteiger partial charge < -0.3 is 0 Å². The van der Waals surface area contributed by atoms with Gasteiger partial charge in [0.15, 0.2) is 5.82 Å². The summed E-state index contributed by atoms with van der Waals surface area (Å²) in [5.41, 5.74) is 2.27. The molecule has 110 valence electrons. The molecule has 2 heterocycles. The van der Waals surface area contributed by atoms with Gasteiger partial charge in [0.05, 0.1) is 11.4 Å². The van der Waals surface area contributed by atoms with Crippen LogP contribution in [0.1, 0.15) is 5.82 Å². The number of hydrogen-bond acceptors (Lipinski definition) is 3. The Balaban J connectivity index is 1.81. The first-order valence-electron chi connectivity index (χ1n) is 7.56. The molecule has 5 rings (SSSR count). The number of fused-ring (bicyclic) bond motifs is 5. The molecule has 4 heteroatoms. The lowest BCUT2D eigenvalue weighted by molar-refractivity contribution is 0.928. The zero-order valence-corrected chi connectivity index (χ0v) is 13.1. The van der Waals surface area contributed by atoms with Crippen LogP contribution in [0, 0.1) is 0 Å². The van der Waals surface area contributed by atoms with Crippen molar-refractivity contribution in [2.45, 2.75) is 10.6 Å². The number of hydrogen-bond donors (Lipinski definition) is 0. The smallest absolute Gasteiger partial charge is 0.168 e. The van der Waals surface area contributed by atoms with Gasteiger partial charge in [0.25, 0.3) is 0 Å². The molecule has 0 N–H and O–H groups in total. The molecule has 0 saturated heterocycles. The minimum absolute atomic E-state index is 0.848. The minimum Gasteiger partial charge on any atom is -0.277 e. The third kappa shape index (κ3) is 1.92. The Morgan fingerprint density at radius 2 is 1.65 bits per heavy atom. The average Bonchev–Trinajstić information content (AvgIpc) is 3.06. The lowest BCUT2D eigenvalue weighted by Gasteiger charge is -2.20. The van der Waals surface area contributed by atoms with Crippen molar-refractivity contribution >= 4 is 22.5 Å². The molecule has 0 spiro atoms. The number of aromatic nitrogens is 3. The molecule has 0 bridgehead atoms. The van der Waals surface area contributed by atoms with Crippen molar-refractivity contribution in [1.82, 2.24) is 14.8 Å².